The first kappa shape index (κ1) is 22.7. The number of carbonyl (C=O) groups excluding carboxylic acids is 3. The maximum absolute atomic E-state index is 14.1. The highest BCUT2D eigenvalue weighted by Crippen LogP contribution is 2.61. The number of hydrogen-bond acceptors (Lipinski definition) is 3. The molecule has 0 radical (unpaired) electrons. The summed E-state index contributed by atoms with van der Waals surface area (Å²) >= 11 is 0. The minimum absolute atomic E-state index is 0.166. The van der Waals surface area contributed by atoms with Gasteiger partial charge in [0.05, 0.1) is 11.8 Å². The number of nitrogens with one attached hydrogen (secondary N) is 1. The molecule has 5 nitrogen and oxygen atoms in total. The number of aryl methyl sites for hydroxylation is 1. The SMILES string of the molecule is CCCC[C@H](C(=O)Nc1cccc(C)c1)N1C(=O)[C@@H]2C3c4ccccc4C(c4ccccc43)[C@@H]2C1=O. The van der Waals surface area contributed by atoms with Crippen molar-refractivity contribution in [3.63, 3.8) is 0 Å². The zero-order valence-electron chi connectivity index (χ0n) is 20.6. The predicted octanol–water partition coefficient (Wildman–Crippen LogP) is 5.38. The molecule has 3 aromatic carbocycles. The molecule has 0 spiro atoms. The van der Waals surface area contributed by atoms with E-state index in [1.54, 1.807) is 0 Å². The molecular formula is C31H30N2O3. The highest BCUT2D eigenvalue weighted by molar-refractivity contribution is 6.11. The van der Waals surface area contributed by atoms with Gasteiger partial charge in [-0.2, -0.15) is 0 Å². The fourth-order valence-corrected chi connectivity index (χ4v) is 6.73. The second kappa shape index (κ2) is 8.74. The van der Waals surface area contributed by atoms with Crippen LogP contribution in [0.5, 0.6) is 0 Å². The van der Waals surface area contributed by atoms with Gasteiger partial charge in [-0.1, -0.05) is 80.4 Å². The van der Waals surface area contributed by atoms with Gasteiger partial charge in [-0.25, -0.2) is 0 Å². The lowest BCUT2D eigenvalue weighted by Crippen LogP contribution is -2.48. The average molecular weight is 479 g/mol. The number of likely N-dealkylation sites (tertiary alicyclic amines) is 1. The normalized spacial score (nSPS) is 24.2. The molecule has 1 saturated heterocycles. The van der Waals surface area contributed by atoms with Gasteiger partial charge in [0.15, 0.2) is 0 Å². The van der Waals surface area contributed by atoms with Gasteiger partial charge in [-0.15, -0.1) is 0 Å². The summed E-state index contributed by atoms with van der Waals surface area (Å²) in [6.07, 6.45) is 2.09. The monoisotopic (exact) mass is 478 g/mol. The van der Waals surface area contributed by atoms with Gasteiger partial charge in [-0.05, 0) is 53.3 Å². The summed E-state index contributed by atoms with van der Waals surface area (Å²) in [6.45, 7) is 4.02. The van der Waals surface area contributed by atoms with Crippen LogP contribution >= 0.6 is 0 Å². The number of imide groups is 1. The number of benzene rings is 3. The van der Waals surface area contributed by atoms with Crippen molar-refractivity contribution in [1.29, 1.82) is 0 Å². The summed E-state index contributed by atoms with van der Waals surface area (Å²) in [5, 5.41) is 2.98. The van der Waals surface area contributed by atoms with Gasteiger partial charge in [0.25, 0.3) is 0 Å². The lowest BCUT2D eigenvalue weighted by atomic mass is 9.55. The van der Waals surface area contributed by atoms with Crippen molar-refractivity contribution >= 4 is 23.4 Å². The second-order valence-electron chi connectivity index (χ2n) is 10.3. The number of nitrogens with zero attached hydrogens (tertiary/aromatic N) is 1. The molecule has 2 bridgehead atoms. The van der Waals surface area contributed by atoms with Crippen molar-refractivity contribution in [3.8, 4) is 0 Å². The summed E-state index contributed by atoms with van der Waals surface area (Å²) in [5.74, 6) is -1.97. The molecule has 3 amide bonds. The third-order valence-corrected chi connectivity index (χ3v) is 8.21. The standard InChI is InChI=1S/C31H30N2O3/c1-3-4-16-24(29(34)32-19-11-9-10-18(2)17-19)33-30(35)27-25-20-12-5-6-13-21(20)26(28(27)31(33)36)23-15-8-7-14-22(23)25/h5-15,17,24-28H,3-4,16H2,1-2H3,(H,32,34)/t24-,25?,26?,27-,28+/m1/s1. The van der Waals surface area contributed by atoms with Gasteiger partial charge < -0.3 is 5.32 Å². The predicted molar refractivity (Wildman–Crippen MR) is 139 cm³/mol. The Morgan fingerprint density at radius 2 is 1.36 bits per heavy atom. The van der Waals surface area contributed by atoms with E-state index in [1.807, 2.05) is 55.5 Å². The van der Waals surface area contributed by atoms with Crippen LogP contribution in [0.4, 0.5) is 5.69 Å². The number of amides is 3. The molecule has 1 aliphatic heterocycles. The Balaban J connectivity index is 1.40. The molecule has 36 heavy (non-hydrogen) atoms. The number of hydrogen-bond donors (Lipinski definition) is 1. The highest BCUT2D eigenvalue weighted by Gasteiger charge is 2.62. The van der Waals surface area contributed by atoms with Crippen LogP contribution in [0.3, 0.4) is 0 Å². The third kappa shape index (κ3) is 3.33. The molecule has 4 aliphatic rings. The van der Waals surface area contributed by atoms with E-state index in [4.69, 9.17) is 0 Å². The van der Waals surface area contributed by atoms with E-state index in [1.165, 1.54) is 4.90 Å². The molecule has 1 heterocycles. The molecule has 0 saturated carbocycles. The van der Waals surface area contributed by atoms with Crippen LogP contribution in [0.2, 0.25) is 0 Å². The van der Waals surface area contributed by atoms with Crippen molar-refractivity contribution in [1.82, 2.24) is 4.90 Å². The molecular weight excluding hydrogens is 448 g/mol. The fourth-order valence-electron chi connectivity index (χ4n) is 6.73. The second-order valence-corrected chi connectivity index (χ2v) is 10.3. The van der Waals surface area contributed by atoms with Crippen LogP contribution in [0.15, 0.2) is 72.8 Å². The topological polar surface area (TPSA) is 66.5 Å². The minimum atomic E-state index is -0.818. The Bertz CT molecular complexity index is 1260. The van der Waals surface area contributed by atoms with E-state index in [0.29, 0.717) is 12.1 Å². The fraction of sp³-hybridized carbons (Fsp3) is 0.323. The van der Waals surface area contributed by atoms with Crippen LogP contribution in [-0.4, -0.2) is 28.7 Å². The summed E-state index contributed by atoms with van der Waals surface area (Å²) in [6, 6.07) is 23.2. The molecule has 182 valence electrons. The van der Waals surface area contributed by atoms with Crippen molar-refractivity contribution in [2.75, 3.05) is 5.32 Å². The van der Waals surface area contributed by atoms with E-state index in [9.17, 15) is 14.4 Å². The molecule has 7 rings (SSSR count). The summed E-state index contributed by atoms with van der Waals surface area (Å²) in [4.78, 5) is 43.1. The quantitative estimate of drug-likeness (QED) is 0.484. The number of unbranched alkanes of at least 4 members (excludes halogenated alkanes) is 1. The third-order valence-electron chi connectivity index (χ3n) is 8.21. The maximum Gasteiger partial charge on any atom is 0.247 e. The first-order chi connectivity index (χ1) is 17.5. The van der Waals surface area contributed by atoms with E-state index < -0.39 is 17.9 Å². The van der Waals surface area contributed by atoms with Crippen molar-refractivity contribution in [2.45, 2.75) is 51.0 Å². The van der Waals surface area contributed by atoms with Crippen LogP contribution < -0.4 is 5.32 Å². The van der Waals surface area contributed by atoms with Crippen molar-refractivity contribution < 1.29 is 14.4 Å². The maximum atomic E-state index is 14.1. The summed E-state index contributed by atoms with van der Waals surface area (Å²) < 4.78 is 0. The molecule has 3 aliphatic carbocycles. The Morgan fingerprint density at radius 3 is 1.83 bits per heavy atom. The Hall–Kier alpha value is -3.73. The van der Waals surface area contributed by atoms with Gasteiger partial charge >= 0.3 is 0 Å². The molecule has 0 aromatic heterocycles. The van der Waals surface area contributed by atoms with Crippen LogP contribution in [0, 0.1) is 18.8 Å². The number of rotatable bonds is 6. The Kier molecular flexibility index (Phi) is 5.51. The highest BCUT2D eigenvalue weighted by atomic mass is 16.2. The van der Waals surface area contributed by atoms with Crippen molar-refractivity contribution in [3.05, 3.63) is 101 Å². The zero-order valence-corrected chi connectivity index (χ0v) is 20.6. The van der Waals surface area contributed by atoms with E-state index in [0.717, 1.165) is 40.7 Å². The summed E-state index contributed by atoms with van der Waals surface area (Å²) in [5.41, 5.74) is 6.27. The van der Waals surface area contributed by atoms with Crippen LogP contribution in [-0.2, 0) is 14.4 Å². The lowest BCUT2D eigenvalue weighted by Gasteiger charge is -2.45. The van der Waals surface area contributed by atoms with Crippen LogP contribution in [0.25, 0.3) is 0 Å². The zero-order chi connectivity index (χ0) is 25.0. The van der Waals surface area contributed by atoms with E-state index >= 15 is 0 Å². The van der Waals surface area contributed by atoms with Gasteiger partial charge in [-0.3, -0.25) is 19.3 Å². The molecule has 3 aromatic rings. The van der Waals surface area contributed by atoms with E-state index in [2.05, 4.69) is 36.5 Å². The molecule has 1 fully saturated rings. The number of anilines is 1. The lowest BCUT2D eigenvalue weighted by molar-refractivity contribution is -0.147. The molecule has 0 unspecified atom stereocenters. The first-order valence-corrected chi connectivity index (χ1v) is 12.9. The largest absolute Gasteiger partial charge is 0.324 e. The smallest absolute Gasteiger partial charge is 0.247 e. The van der Waals surface area contributed by atoms with E-state index in [-0.39, 0.29) is 29.6 Å². The van der Waals surface area contributed by atoms with Gasteiger partial charge in [0.2, 0.25) is 17.7 Å². The molecule has 5 heteroatoms. The number of carbonyl (C=O) groups is 3. The van der Waals surface area contributed by atoms with Crippen LogP contribution in [0.1, 0.15) is 65.8 Å². The Labute approximate surface area is 211 Å². The molecule has 3 atom stereocenters. The van der Waals surface area contributed by atoms with Crippen molar-refractivity contribution in [2.24, 2.45) is 11.8 Å². The minimum Gasteiger partial charge on any atom is -0.324 e. The van der Waals surface area contributed by atoms with Gasteiger partial charge in [0.1, 0.15) is 6.04 Å². The summed E-state index contributed by atoms with van der Waals surface area (Å²) in [7, 11) is 0. The molecule has 1 N–H and O–H groups in total. The average Bonchev–Trinajstić information content (AvgIpc) is 3.15. The van der Waals surface area contributed by atoms with Gasteiger partial charge in [0, 0.05) is 17.5 Å². The first-order valence-electron chi connectivity index (χ1n) is 12.9. The Morgan fingerprint density at radius 1 is 0.833 bits per heavy atom.